The average molecular weight is 563 g/mol. The van der Waals surface area contributed by atoms with Gasteiger partial charge in [0.05, 0.1) is 21.4 Å². The quantitative estimate of drug-likeness (QED) is 0.362. The summed E-state index contributed by atoms with van der Waals surface area (Å²) in [5, 5.41) is 4.45. The van der Waals surface area contributed by atoms with Crippen molar-refractivity contribution in [3.63, 3.8) is 0 Å². The summed E-state index contributed by atoms with van der Waals surface area (Å²) in [6, 6.07) is 3.54. The highest BCUT2D eigenvalue weighted by atomic mass is 35.5. The van der Waals surface area contributed by atoms with Gasteiger partial charge in [-0.2, -0.15) is 0 Å². The number of nitrogens with one attached hydrogen (secondary N) is 2. The lowest BCUT2D eigenvalue weighted by Crippen LogP contribution is -2.41. The number of carbonyl (C=O) groups excluding carboxylic acids is 1. The van der Waals surface area contributed by atoms with E-state index in [4.69, 9.17) is 28.9 Å². The van der Waals surface area contributed by atoms with Gasteiger partial charge in [-0.3, -0.25) is 4.79 Å². The van der Waals surface area contributed by atoms with E-state index >= 15 is 0 Å². The number of thiazole rings is 1. The van der Waals surface area contributed by atoms with Crippen LogP contribution in [0, 0.1) is 5.92 Å². The van der Waals surface area contributed by atoms with E-state index < -0.39 is 10.0 Å². The van der Waals surface area contributed by atoms with Gasteiger partial charge in [-0.1, -0.05) is 48.4 Å². The molecule has 3 rings (SSSR count). The van der Waals surface area contributed by atoms with Crippen LogP contribution in [-0.2, 0) is 16.6 Å². The Morgan fingerprint density at radius 3 is 2.29 bits per heavy atom. The van der Waals surface area contributed by atoms with Gasteiger partial charge in [0, 0.05) is 18.6 Å². The predicted molar refractivity (Wildman–Crippen MR) is 145 cm³/mol. The van der Waals surface area contributed by atoms with Crippen LogP contribution in [0.15, 0.2) is 12.1 Å². The van der Waals surface area contributed by atoms with Crippen LogP contribution in [0.1, 0.15) is 60.3 Å². The minimum Gasteiger partial charge on any atom is -0.382 e. The van der Waals surface area contributed by atoms with Gasteiger partial charge in [-0.25, -0.2) is 18.1 Å². The molecule has 1 aliphatic carbocycles. The second kappa shape index (κ2) is 11.7. The Hall–Kier alpha value is -1.43. The molecule has 0 bridgehead atoms. The van der Waals surface area contributed by atoms with E-state index in [-0.39, 0.29) is 55.8 Å². The molecule has 0 amide bonds. The number of nitrogen functional groups attached to an aromatic ring is 1. The number of halogens is 2. The Morgan fingerprint density at radius 2 is 1.74 bits per heavy atom. The highest BCUT2D eigenvalue weighted by Gasteiger charge is 2.27. The number of benzene rings is 1. The molecule has 1 heterocycles. The molecule has 35 heavy (non-hydrogen) atoms. The molecule has 1 fully saturated rings. The molecule has 12 heteroatoms. The van der Waals surface area contributed by atoms with Gasteiger partial charge >= 0.3 is 0 Å². The molecule has 1 aromatic heterocycles. The lowest BCUT2D eigenvalue weighted by atomic mass is 9.92. The summed E-state index contributed by atoms with van der Waals surface area (Å²) >= 11 is 14.0. The van der Waals surface area contributed by atoms with E-state index in [0.29, 0.717) is 11.7 Å². The van der Waals surface area contributed by atoms with Crippen LogP contribution in [0.2, 0.25) is 10.0 Å². The maximum atomic E-state index is 13.2. The maximum Gasteiger partial charge on any atom is 0.212 e. The molecule has 4 N–H and O–H groups in total. The molecule has 1 aliphatic rings. The molecule has 0 radical (unpaired) electrons. The Labute approximate surface area is 221 Å². The maximum absolute atomic E-state index is 13.2. The fourth-order valence-corrected chi connectivity index (χ4v) is 7.57. The number of sulfonamides is 1. The molecule has 1 saturated carbocycles. The van der Waals surface area contributed by atoms with Crippen LogP contribution in [0.25, 0.3) is 0 Å². The standard InChI is InChI=1S/C23H33Cl2N5O3S2/c1-13(2)12-35(32,33)29-16-7-5-15(6-8-16)27-23-28-22(26)21(34-23)20(31)19-17(24)9-14(10-18(19)25)11-30(3)4/h9-10,13,15-16,29H,5-8,11-12,26H2,1-4H3,(H,27,28)/t15-,16-. The van der Waals surface area contributed by atoms with Gasteiger partial charge in [-0.15, -0.1) is 0 Å². The van der Waals surface area contributed by atoms with Crippen LogP contribution in [0.3, 0.4) is 0 Å². The third-order valence-electron chi connectivity index (χ3n) is 5.64. The molecular weight excluding hydrogens is 529 g/mol. The topological polar surface area (TPSA) is 117 Å². The summed E-state index contributed by atoms with van der Waals surface area (Å²) in [5.41, 5.74) is 7.20. The van der Waals surface area contributed by atoms with Crippen LogP contribution in [0.5, 0.6) is 0 Å². The Bertz CT molecular complexity index is 1140. The second-order valence-corrected chi connectivity index (χ2v) is 13.3. The first-order chi connectivity index (χ1) is 16.3. The summed E-state index contributed by atoms with van der Waals surface area (Å²) < 4.78 is 27.3. The Kier molecular flexibility index (Phi) is 9.45. The van der Waals surface area contributed by atoms with E-state index in [2.05, 4.69) is 15.0 Å². The van der Waals surface area contributed by atoms with Crippen LogP contribution in [-0.4, -0.2) is 56.0 Å². The lowest BCUT2D eigenvalue weighted by molar-refractivity contribution is 0.104. The number of nitrogens with two attached hydrogens (primary N) is 1. The van der Waals surface area contributed by atoms with E-state index in [0.717, 1.165) is 31.2 Å². The van der Waals surface area contributed by atoms with Crippen molar-refractivity contribution in [2.45, 2.75) is 58.2 Å². The molecule has 0 aliphatic heterocycles. The highest BCUT2D eigenvalue weighted by Crippen LogP contribution is 2.35. The number of anilines is 2. The molecule has 0 saturated heterocycles. The van der Waals surface area contributed by atoms with Crippen LogP contribution >= 0.6 is 34.5 Å². The predicted octanol–water partition coefficient (Wildman–Crippen LogP) is 4.62. The van der Waals surface area contributed by atoms with Gasteiger partial charge < -0.3 is 16.0 Å². The molecule has 0 atom stereocenters. The van der Waals surface area contributed by atoms with Gasteiger partial charge in [0.15, 0.2) is 5.13 Å². The first-order valence-corrected chi connectivity index (χ1v) is 14.8. The zero-order valence-corrected chi connectivity index (χ0v) is 23.5. The number of aromatic nitrogens is 1. The van der Waals surface area contributed by atoms with Crippen molar-refractivity contribution < 1.29 is 13.2 Å². The first kappa shape index (κ1) is 28.1. The number of rotatable bonds is 10. The van der Waals surface area contributed by atoms with E-state index in [1.54, 1.807) is 12.1 Å². The SMILES string of the molecule is CC(C)CS(=O)(=O)N[C@H]1CC[C@H](Nc2nc(N)c(C(=O)c3c(Cl)cc(CN(C)C)cc3Cl)s2)CC1. The first-order valence-electron chi connectivity index (χ1n) is 11.5. The lowest BCUT2D eigenvalue weighted by Gasteiger charge is -2.29. The zero-order valence-electron chi connectivity index (χ0n) is 20.4. The number of hydrogen-bond donors (Lipinski definition) is 3. The fraction of sp³-hybridized carbons (Fsp3) is 0.565. The Balaban J connectivity index is 1.64. The summed E-state index contributed by atoms with van der Waals surface area (Å²) in [6.45, 7) is 4.42. The molecule has 0 spiro atoms. The average Bonchev–Trinajstić information content (AvgIpc) is 3.07. The largest absolute Gasteiger partial charge is 0.382 e. The smallest absolute Gasteiger partial charge is 0.212 e. The summed E-state index contributed by atoms with van der Waals surface area (Å²) in [5.74, 6) is -0.0179. The minimum absolute atomic E-state index is 0.0601. The van der Waals surface area contributed by atoms with Crippen molar-refractivity contribution in [2.24, 2.45) is 5.92 Å². The third kappa shape index (κ3) is 7.77. The van der Waals surface area contributed by atoms with Crippen molar-refractivity contribution in [3.05, 3.63) is 38.2 Å². The van der Waals surface area contributed by atoms with Crippen molar-refractivity contribution in [2.75, 3.05) is 30.9 Å². The van der Waals surface area contributed by atoms with E-state index in [9.17, 15) is 13.2 Å². The number of carbonyl (C=O) groups is 1. The normalized spacial score (nSPS) is 18.9. The molecule has 0 unspecified atom stereocenters. The summed E-state index contributed by atoms with van der Waals surface area (Å²) in [6.07, 6.45) is 3.02. The van der Waals surface area contributed by atoms with Crippen LogP contribution < -0.4 is 15.8 Å². The minimum atomic E-state index is -3.27. The van der Waals surface area contributed by atoms with Gasteiger partial charge in [-0.05, 0) is 63.4 Å². The second-order valence-electron chi connectivity index (χ2n) is 9.72. The summed E-state index contributed by atoms with van der Waals surface area (Å²) in [7, 11) is 0.602. The van der Waals surface area contributed by atoms with E-state index in [1.807, 2.05) is 32.8 Å². The van der Waals surface area contributed by atoms with Gasteiger partial charge in [0.1, 0.15) is 10.7 Å². The molecule has 194 valence electrons. The third-order valence-corrected chi connectivity index (χ3v) is 9.04. The number of ketones is 1. The number of hydrogen-bond acceptors (Lipinski definition) is 8. The number of nitrogens with zero attached hydrogens (tertiary/aromatic N) is 2. The van der Waals surface area contributed by atoms with Crippen molar-refractivity contribution in [1.82, 2.24) is 14.6 Å². The van der Waals surface area contributed by atoms with Crippen molar-refractivity contribution in [1.29, 1.82) is 0 Å². The fourth-order valence-electron chi connectivity index (χ4n) is 4.24. The molecule has 1 aromatic carbocycles. The molecular formula is C23H33Cl2N5O3S2. The highest BCUT2D eigenvalue weighted by molar-refractivity contribution is 7.89. The zero-order chi connectivity index (χ0) is 25.9. The van der Waals surface area contributed by atoms with Crippen molar-refractivity contribution in [3.8, 4) is 0 Å². The Morgan fingerprint density at radius 1 is 1.17 bits per heavy atom. The van der Waals surface area contributed by atoms with Crippen LogP contribution in [0.4, 0.5) is 10.9 Å². The molecule has 8 nitrogen and oxygen atoms in total. The monoisotopic (exact) mass is 561 g/mol. The summed E-state index contributed by atoms with van der Waals surface area (Å²) in [4.78, 5) is 19.8. The van der Waals surface area contributed by atoms with Gasteiger partial charge in [0.25, 0.3) is 0 Å². The molecule has 2 aromatic rings. The van der Waals surface area contributed by atoms with Crippen molar-refractivity contribution >= 4 is 61.3 Å². The van der Waals surface area contributed by atoms with E-state index in [1.165, 1.54) is 11.3 Å². The van der Waals surface area contributed by atoms with Gasteiger partial charge in [0.2, 0.25) is 15.8 Å².